The van der Waals surface area contributed by atoms with E-state index in [2.05, 4.69) is 15.2 Å². The van der Waals surface area contributed by atoms with Crippen LogP contribution in [0.1, 0.15) is 11.4 Å². The van der Waals surface area contributed by atoms with E-state index in [9.17, 15) is 0 Å². The third-order valence-corrected chi connectivity index (χ3v) is 3.82. The Balaban J connectivity index is 2.21. The lowest BCUT2D eigenvalue weighted by Crippen LogP contribution is -2.14. The van der Waals surface area contributed by atoms with Crippen molar-refractivity contribution >= 4 is 5.95 Å². The van der Waals surface area contributed by atoms with Crippen LogP contribution < -0.4 is 9.64 Å². The molecule has 0 unspecified atom stereocenters. The number of nitrogens with zero attached hydrogens (tertiary/aromatic N) is 6. The van der Waals surface area contributed by atoms with Gasteiger partial charge in [0.2, 0.25) is 5.95 Å². The summed E-state index contributed by atoms with van der Waals surface area (Å²) in [5.74, 6) is 2.22. The number of aryl methyl sites for hydroxylation is 3. The monoisotopic (exact) mass is 326 g/mol. The molecule has 0 aliphatic carbocycles. The predicted octanol–water partition coefficient (Wildman–Crippen LogP) is 2.36. The molecule has 0 atom stereocenters. The fraction of sp³-hybridized carbons (Fsp3) is 0.353. The van der Waals surface area contributed by atoms with Gasteiger partial charge >= 0.3 is 0 Å². The molecule has 3 aromatic rings. The Morgan fingerprint density at radius 2 is 1.83 bits per heavy atom. The van der Waals surface area contributed by atoms with E-state index in [0.29, 0.717) is 5.82 Å². The maximum atomic E-state index is 5.39. The topological polar surface area (TPSA) is 61.0 Å². The van der Waals surface area contributed by atoms with Crippen LogP contribution in [0.2, 0.25) is 0 Å². The lowest BCUT2D eigenvalue weighted by atomic mass is 10.1. The molecule has 0 radical (unpaired) electrons. The number of hydrogen-bond donors (Lipinski definition) is 0. The molecule has 0 fully saturated rings. The SMILES string of the molecule is COc1ccc(-c2nc(N(C)C)n(C)n2)c(-n2nc(C)cc2C)c1. The zero-order chi connectivity index (χ0) is 17.4. The molecule has 0 aliphatic heterocycles. The van der Waals surface area contributed by atoms with Gasteiger partial charge in [-0.25, -0.2) is 9.36 Å². The van der Waals surface area contributed by atoms with Gasteiger partial charge in [-0.15, -0.1) is 5.10 Å². The second-order valence-corrected chi connectivity index (χ2v) is 5.98. The van der Waals surface area contributed by atoms with Gasteiger partial charge in [0.25, 0.3) is 0 Å². The average Bonchev–Trinajstić information content (AvgIpc) is 3.08. The maximum Gasteiger partial charge on any atom is 0.223 e. The first-order valence-electron chi connectivity index (χ1n) is 7.71. The Labute approximate surface area is 141 Å². The molecule has 3 rings (SSSR count). The first-order chi connectivity index (χ1) is 11.4. The highest BCUT2D eigenvalue weighted by atomic mass is 16.5. The molecule has 0 saturated carbocycles. The highest BCUT2D eigenvalue weighted by Crippen LogP contribution is 2.30. The van der Waals surface area contributed by atoms with Crippen LogP contribution in [-0.4, -0.2) is 45.8 Å². The first kappa shape index (κ1) is 16.0. The minimum absolute atomic E-state index is 0.659. The summed E-state index contributed by atoms with van der Waals surface area (Å²) >= 11 is 0. The molecule has 2 heterocycles. The van der Waals surface area contributed by atoms with Crippen molar-refractivity contribution in [3.8, 4) is 22.8 Å². The Kier molecular flexibility index (Phi) is 4.01. The van der Waals surface area contributed by atoms with Crippen molar-refractivity contribution in [3.05, 3.63) is 35.7 Å². The summed E-state index contributed by atoms with van der Waals surface area (Å²) < 4.78 is 9.06. The van der Waals surface area contributed by atoms with E-state index in [4.69, 9.17) is 4.74 Å². The standard InChI is InChI=1S/C17H22N6O/c1-11-9-12(2)23(19-11)15-10-13(24-6)7-8-14(15)16-18-17(21(3)4)22(5)20-16/h7-10H,1-6H3. The Morgan fingerprint density at radius 3 is 2.38 bits per heavy atom. The van der Waals surface area contributed by atoms with E-state index in [-0.39, 0.29) is 0 Å². The molecule has 0 bridgehead atoms. The van der Waals surface area contributed by atoms with Crippen LogP contribution in [-0.2, 0) is 7.05 Å². The molecular formula is C17H22N6O. The van der Waals surface area contributed by atoms with E-state index in [1.54, 1.807) is 11.8 Å². The summed E-state index contributed by atoms with van der Waals surface area (Å²) in [5.41, 5.74) is 3.82. The molecular weight excluding hydrogens is 304 g/mol. The lowest BCUT2D eigenvalue weighted by molar-refractivity contribution is 0.414. The van der Waals surface area contributed by atoms with Gasteiger partial charge in [0.1, 0.15) is 5.75 Å². The fourth-order valence-corrected chi connectivity index (χ4v) is 2.76. The fourth-order valence-electron chi connectivity index (χ4n) is 2.76. The summed E-state index contributed by atoms with van der Waals surface area (Å²) in [6.45, 7) is 4.01. The molecule has 7 nitrogen and oxygen atoms in total. The quantitative estimate of drug-likeness (QED) is 0.736. The van der Waals surface area contributed by atoms with Crippen molar-refractivity contribution in [2.24, 2.45) is 7.05 Å². The zero-order valence-corrected chi connectivity index (χ0v) is 14.9. The minimum Gasteiger partial charge on any atom is -0.497 e. The third-order valence-electron chi connectivity index (χ3n) is 3.82. The molecule has 24 heavy (non-hydrogen) atoms. The van der Waals surface area contributed by atoms with E-state index in [1.807, 2.05) is 68.8 Å². The van der Waals surface area contributed by atoms with E-state index >= 15 is 0 Å². The summed E-state index contributed by atoms with van der Waals surface area (Å²) in [5, 5.41) is 9.16. The highest BCUT2D eigenvalue weighted by molar-refractivity contribution is 5.70. The van der Waals surface area contributed by atoms with E-state index in [1.165, 1.54) is 0 Å². The van der Waals surface area contributed by atoms with Crippen LogP contribution in [0.3, 0.4) is 0 Å². The van der Waals surface area contributed by atoms with Gasteiger partial charge < -0.3 is 9.64 Å². The highest BCUT2D eigenvalue weighted by Gasteiger charge is 2.17. The molecule has 0 N–H and O–H groups in total. The summed E-state index contributed by atoms with van der Waals surface area (Å²) in [6, 6.07) is 7.89. The second kappa shape index (κ2) is 5.99. The van der Waals surface area contributed by atoms with Gasteiger partial charge in [-0.1, -0.05) is 0 Å². The largest absolute Gasteiger partial charge is 0.497 e. The van der Waals surface area contributed by atoms with Crippen molar-refractivity contribution < 1.29 is 4.74 Å². The first-order valence-corrected chi connectivity index (χ1v) is 7.71. The number of anilines is 1. The van der Waals surface area contributed by atoms with Crippen molar-refractivity contribution in [1.82, 2.24) is 24.5 Å². The van der Waals surface area contributed by atoms with Gasteiger partial charge in [-0.3, -0.25) is 0 Å². The van der Waals surface area contributed by atoms with Gasteiger partial charge in [0, 0.05) is 38.5 Å². The average molecular weight is 326 g/mol. The van der Waals surface area contributed by atoms with Crippen molar-refractivity contribution in [3.63, 3.8) is 0 Å². The molecule has 1 aromatic carbocycles. The molecule has 126 valence electrons. The second-order valence-electron chi connectivity index (χ2n) is 5.98. The van der Waals surface area contributed by atoms with Gasteiger partial charge in [0.05, 0.1) is 18.5 Å². The normalized spacial score (nSPS) is 10.9. The lowest BCUT2D eigenvalue weighted by Gasteiger charge is -2.11. The van der Waals surface area contributed by atoms with Crippen molar-refractivity contribution in [2.75, 3.05) is 26.1 Å². The maximum absolute atomic E-state index is 5.39. The summed E-state index contributed by atoms with van der Waals surface area (Å²) in [4.78, 5) is 6.59. The number of ether oxygens (including phenoxy) is 1. The Morgan fingerprint density at radius 1 is 1.08 bits per heavy atom. The van der Waals surface area contributed by atoms with Gasteiger partial charge in [-0.2, -0.15) is 10.1 Å². The van der Waals surface area contributed by atoms with Gasteiger partial charge in [-0.05, 0) is 32.0 Å². The van der Waals surface area contributed by atoms with Crippen molar-refractivity contribution in [2.45, 2.75) is 13.8 Å². The van der Waals surface area contributed by atoms with Crippen LogP contribution in [0, 0.1) is 13.8 Å². The molecule has 0 saturated heterocycles. The number of hydrogen-bond acceptors (Lipinski definition) is 5. The Bertz CT molecular complexity index is 877. The summed E-state index contributed by atoms with van der Waals surface area (Å²) in [6.07, 6.45) is 0. The number of benzene rings is 1. The number of methoxy groups -OCH3 is 1. The number of aromatic nitrogens is 5. The van der Waals surface area contributed by atoms with Crippen LogP contribution in [0.5, 0.6) is 5.75 Å². The van der Waals surface area contributed by atoms with Crippen molar-refractivity contribution in [1.29, 1.82) is 0 Å². The molecule has 0 spiro atoms. The molecule has 2 aromatic heterocycles. The van der Waals surface area contributed by atoms with Crippen LogP contribution in [0.25, 0.3) is 17.1 Å². The van der Waals surface area contributed by atoms with E-state index in [0.717, 1.165) is 34.3 Å². The molecule has 0 amide bonds. The van der Waals surface area contributed by atoms with E-state index < -0.39 is 0 Å². The minimum atomic E-state index is 0.659. The predicted molar refractivity (Wildman–Crippen MR) is 93.9 cm³/mol. The number of rotatable bonds is 4. The smallest absolute Gasteiger partial charge is 0.223 e. The van der Waals surface area contributed by atoms with Crippen LogP contribution in [0.15, 0.2) is 24.3 Å². The molecule has 7 heteroatoms. The van der Waals surface area contributed by atoms with Gasteiger partial charge in [0.15, 0.2) is 5.82 Å². The molecule has 0 aliphatic rings. The summed E-state index contributed by atoms with van der Waals surface area (Å²) in [7, 11) is 7.44. The van der Waals surface area contributed by atoms with Crippen LogP contribution >= 0.6 is 0 Å². The van der Waals surface area contributed by atoms with Crippen LogP contribution in [0.4, 0.5) is 5.95 Å². The third kappa shape index (κ3) is 2.73. The zero-order valence-electron chi connectivity index (χ0n) is 14.9. The Hall–Kier alpha value is -2.83.